The molecule has 0 unspecified atom stereocenters. The Morgan fingerprint density at radius 1 is 0.963 bits per heavy atom. The van der Waals surface area contributed by atoms with E-state index in [2.05, 4.69) is 76.2 Å². The number of aldehydes is 1. The molecule has 27 heavy (non-hydrogen) atoms. The maximum absolute atomic E-state index is 12.0. The van der Waals surface area contributed by atoms with Crippen LogP contribution in [-0.2, 0) is 0 Å². The van der Waals surface area contributed by atoms with Crippen LogP contribution in [0.25, 0.3) is 27.5 Å². The standard InChI is InChI=1S/C23H22N2OS/c1-14(2)17-9-11-18(12-10-17)21-20(13-26)25-22(16(4)27-23(25)24-21)19-7-5-15(3)6-8-19/h5-14H,1-4H3. The van der Waals surface area contributed by atoms with Crippen LogP contribution < -0.4 is 0 Å². The molecule has 0 aliphatic rings. The van der Waals surface area contributed by atoms with Crippen molar-refractivity contribution in [2.24, 2.45) is 0 Å². The molecule has 136 valence electrons. The predicted octanol–water partition coefficient (Wildman–Crippen LogP) is 6.28. The quantitative estimate of drug-likeness (QED) is 0.394. The highest BCUT2D eigenvalue weighted by Crippen LogP contribution is 2.36. The predicted molar refractivity (Wildman–Crippen MR) is 113 cm³/mol. The molecule has 0 atom stereocenters. The Bertz CT molecular complexity index is 1120. The minimum Gasteiger partial charge on any atom is -0.296 e. The molecule has 4 aromatic rings. The Morgan fingerprint density at radius 2 is 1.59 bits per heavy atom. The first-order valence-electron chi connectivity index (χ1n) is 9.14. The van der Waals surface area contributed by atoms with Crippen LogP contribution in [0.2, 0.25) is 0 Å². The van der Waals surface area contributed by atoms with Crippen molar-refractivity contribution in [2.75, 3.05) is 0 Å². The topological polar surface area (TPSA) is 34.4 Å². The average Bonchev–Trinajstić information content (AvgIpc) is 3.17. The summed E-state index contributed by atoms with van der Waals surface area (Å²) in [6.45, 7) is 8.51. The number of imidazole rings is 1. The second-order valence-corrected chi connectivity index (χ2v) is 8.41. The molecule has 4 rings (SSSR count). The summed E-state index contributed by atoms with van der Waals surface area (Å²) in [4.78, 5) is 18.9. The van der Waals surface area contributed by atoms with Crippen molar-refractivity contribution in [3.05, 3.63) is 70.2 Å². The van der Waals surface area contributed by atoms with Crippen LogP contribution in [-0.4, -0.2) is 15.7 Å². The number of nitrogens with zero attached hydrogens (tertiary/aromatic N) is 2. The van der Waals surface area contributed by atoms with E-state index >= 15 is 0 Å². The van der Waals surface area contributed by atoms with Crippen molar-refractivity contribution in [3.63, 3.8) is 0 Å². The van der Waals surface area contributed by atoms with Gasteiger partial charge in [0.1, 0.15) is 11.4 Å². The molecule has 2 heterocycles. The average molecular weight is 375 g/mol. The first-order valence-corrected chi connectivity index (χ1v) is 9.95. The van der Waals surface area contributed by atoms with Gasteiger partial charge in [0.25, 0.3) is 0 Å². The zero-order valence-electron chi connectivity index (χ0n) is 16.0. The largest absolute Gasteiger partial charge is 0.296 e. The SMILES string of the molecule is Cc1ccc(-c2c(C)sc3nc(-c4ccc(C(C)C)cc4)c(C=O)n23)cc1. The lowest BCUT2D eigenvalue weighted by molar-refractivity contribution is 0.111. The van der Waals surface area contributed by atoms with Crippen LogP contribution in [0.4, 0.5) is 0 Å². The zero-order valence-corrected chi connectivity index (χ0v) is 16.8. The summed E-state index contributed by atoms with van der Waals surface area (Å²) in [5.41, 5.74) is 6.99. The molecule has 0 saturated carbocycles. The van der Waals surface area contributed by atoms with Crippen LogP contribution in [0.1, 0.15) is 46.3 Å². The van der Waals surface area contributed by atoms with Gasteiger partial charge in [0.05, 0.1) is 5.69 Å². The number of carbonyl (C=O) groups excluding carboxylic acids is 1. The van der Waals surface area contributed by atoms with Crippen LogP contribution in [0.5, 0.6) is 0 Å². The van der Waals surface area contributed by atoms with E-state index in [9.17, 15) is 4.79 Å². The number of hydrogen-bond donors (Lipinski definition) is 0. The van der Waals surface area contributed by atoms with Crippen molar-refractivity contribution in [1.82, 2.24) is 9.38 Å². The van der Waals surface area contributed by atoms with E-state index in [1.165, 1.54) is 11.1 Å². The van der Waals surface area contributed by atoms with Crippen molar-refractivity contribution in [3.8, 4) is 22.5 Å². The fourth-order valence-electron chi connectivity index (χ4n) is 3.43. The summed E-state index contributed by atoms with van der Waals surface area (Å²) in [5.74, 6) is 0.478. The van der Waals surface area contributed by atoms with E-state index in [-0.39, 0.29) is 0 Å². The Hall–Kier alpha value is -2.72. The molecule has 0 fully saturated rings. The van der Waals surface area contributed by atoms with Gasteiger partial charge < -0.3 is 0 Å². The van der Waals surface area contributed by atoms with Gasteiger partial charge in [-0.2, -0.15) is 0 Å². The highest BCUT2D eigenvalue weighted by molar-refractivity contribution is 7.17. The second kappa shape index (κ2) is 6.78. The molecule has 0 radical (unpaired) electrons. The van der Waals surface area contributed by atoms with Gasteiger partial charge in [-0.05, 0) is 30.9 Å². The van der Waals surface area contributed by atoms with E-state index < -0.39 is 0 Å². The monoisotopic (exact) mass is 374 g/mol. The number of carbonyl (C=O) groups is 1. The normalized spacial score (nSPS) is 11.4. The van der Waals surface area contributed by atoms with E-state index in [1.54, 1.807) is 11.3 Å². The lowest BCUT2D eigenvalue weighted by atomic mass is 10.0. The Kier molecular flexibility index (Phi) is 4.44. The first-order chi connectivity index (χ1) is 13.0. The van der Waals surface area contributed by atoms with Gasteiger partial charge in [-0.25, -0.2) is 4.98 Å². The lowest BCUT2D eigenvalue weighted by Gasteiger charge is -2.07. The summed E-state index contributed by atoms with van der Waals surface area (Å²) in [6, 6.07) is 16.8. The van der Waals surface area contributed by atoms with Gasteiger partial charge in [-0.3, -0.25) is 9.20 Å². The highest BCUT2D eigenvalue weighted by atomic mass is 32.1. The minimum absolute atomic E-state index is 0.478. The molecule has 0 amide bonds. The number of benzene rings is 2. The van der Waals surface area contributed by atoms with Gasteiger partial charge in [-0.15, -0.1) is 11.3 Å². The molecule has 2 aromatic heterocycles. The lowest BCUT2D eigenvalue weighted by Crippen LogP contribution is -1.95. The number of thiazole rings is 1. The third-order valence-electron chi connectivity index (χ3n) is 4.97. The number of fused-ring (bicyclic) bond motifs is 1. The van der Waals surface area contributed by atoms with Crippen molar-refractivity contribution in [1.29, 1.82) is 0 Å². The molecule has 0 saturated heterocycles. The van der Waals surface area contributed by atoms with Crippen molar-refractivity contribution in [2.45, 2.75) is 33.6 Å². The summed E-state index contributed by atoms with van der Waals surface area (Å²) < 4.78 is 2.00. The molecular formula is C23H22N2OS. The molecule has 0 aliphatic carbocycles. The summed E-state index contributed by atoms with van der Waals surface area (Å²) in [7, 11) is 0. The number of aryl methyl sites for hydroxylation is 2. The van der Waals surface area contributed by atoms with E-state index in [0.29, 0.717) is 11.6 Å². The fourth-order valence-corrected chi connectivity index (χ4v) is 4.43. The van der Waals surface area contributed by atoms with Gasteiger partial charge in [0, 0.05) is 10.4 Å². The highest BCUT2D eigenvalue weighted by Gasteiger charge is 2.20. The molecule has 0 N–H and O–H groups in total. The minimum atomic E-state index is 0.478. The van der Waals surface area contributed by atoms with Crippen LogP contribution in [0.15, 0.2) is 48.5 Å². The molecule has 3 nitrogen and oxygen atoms in total. The first kappa shape index (κ1) is 17.7. The number of rotatable bonds is 4. The van der Waals surface area contributed by atoms with Gasteiger partial charge in [-0.1, -0.05) is 67.9 Å². The fraction of sp³-hybridized carbons (Fsp3) is 0.217. The molecule has 0 aliphatic heterocycles. The second-order valence-electron chi connectivity index (χ2n) is 7.23. The smallest absolute Gasteiger partial charge is 0.195 e. The summed E-state index contributed by atoms with van der Waals surface area (Å²) in [6.07, 6.45) is 0.926. The van der Waals surface area contributed by atoms with Gasteiger partial charge in [0.2, 0.25) is 0 Å². The Balaban J connectivity index is 1.92. The van der Waals surface area contributed by atoms with Crippen molar-refractivity contribution < 1.29 is 4.79 Å². The summed E-state index contributed by atoms with van der Waals surface area (Å²) >= 11 is 1.62. The van der Waals surface area contributed by atoms with Gasteiger partial charge >= 0.3 is 0 Å². The molecule has 4 heteroatoms. The van der Waals surface area contributed by atoms with Crippen LogP contribution in [0.3, 0.4) is 0 Å². The van der Waals surface area contributed by atoms with Crippen LogP contribution >= 0.6 is 11.3 Å². The third kappa shape index (κ3) is 3.00. The van der Waals surface area contributed by atoms with E-state index in [1.807, 2.05) is 4.40 Å². The number of hydrogen-bond acceptors (Lipinski definition) is 3. The van der Waals surface area contributed by atoms with Gasteiger partial charge in [0.15, 0.2) is 11.2 Å². The van der Waals surface area contributed by atoms with E-state index in [4.69, 9.17) is 4.98 Å². The maximum Gasteiger partial charge on any atom is 0.195 e. The Morgan fingerprint density at radius 3 is 2.19 bits per heavy atom. The van der Waals surface area contributed by atoms with Crippen LogP contribution in [0, 0.1) is 13.8 Å². The Labute approximate surface area is 163 Å². The molecular weight excluding hydrogens is 352 g/mol. The number of aromatic nitrogens is 2. The van der Waals surface area contributed by atoms with E-state index in [0.717, 1.165) is 38.6 Å². The molecule has 2 aromatic carbocycles. The van der Waals surface area contributed by atoms with Crippen molar-refractivity contribution >= 4 is 22.6 Å². The molecule has 0 spiro atoms. The third-order valence-corrected chi connectivity index (χ3v) is 5.93. The molecule has 0 bridgehead atoms. The summed E-state index contributed by atoms with van der Waals surface area (Å²) in [5, 5.41) is 0. The maximum atomic E-state index is 12.0. The zero-order chi connectivity index (χ0) is 19.1.